The average molecular weight is 318 g/mol. The molecule has 2 N–H and O–H groups in total. The lowest BCUT2D eigenvalue weighted by atomic mass is 10.1. The Morgan fingerprint density at radius 2 is 1.12 bits per heavy atom. The van der Waals surface area contributed by atoms with E-state index in [4.69, 9.17) is 10.5 Å². The van der Waals surface area contributed by atoms with E-state index in [-0.39, 0.29) is 18.1 Å². The molecule has 0 saturated carbocycles. The van der Waals surface area contributed by atoms with Crippen LogP contribution in [0.1, 0.15) is 48.2 Å². The number of urea groups is 1. The average Bonchev–Trinajstić information content (AvgIpc) is 2.61. The molecule has 2 rings (SSSR count). The van der Waals surface area contributed by atoms with Gasteiger partial charge in [-0.2, -0.15) is 10.5 Å². The molecular formula is C19H18N4O. The molecule has 0 aliphatic carbocycles. The largest absolute Gasteiger partial charge is 0.332 e. The van der Waals surface area contributed by atoms with E-state index in [1.807, 2.05) is 38.1 Å². The maximum Gasteiger partial charge on any atom is 0.315 e. The summed E-state index contributed by atoms with van der Waals surface area (Å²) in [5, 5.41) is 23.4. The Hall–Kier alpha value is -3.31. The first-order chi connectivity index (χ1) is 11.5. The van der Waals surface area contributed by atoms with Gasteiger partial charge in [-0.25, -0.2) is 4.79 Å². The molecule has 120 valence electrons. The number of nitrogens with one attached hydrogen (secondary N) is 2. The summed E-state index contributed by atoms with van der Waals surface area (Å²) in [5.74, 6) is 0. The summed E-state index contributed by atoms with van der Waals surface area (Å²) < 4.78 is 0. The van der Waals surface area contributed by atoms with E-state index in [1.54, 1.807) is 24.3 Å². The van der Waals surface area contributed by atoms with Gasteiger partial charge < -0.3 is 10.6 Å². The van der Waals surface area contributed by atoms with E-state index in [1.165, 1.54) is 0 Å². The van der Waals surface area contributed by atoms with Gasteiger partial charge in [-0.1, -0.05) is 24.3 Å². The minimum Gasteiger partial charge on any atom is -0.332 e. The van der Waals surface area contributed by atoms with Crippen molar-refractivity contribution >= 4 is 6.03 Å². The second-order valence-electron chi connectivity index (χ2n) is 5.53. The number of rotatable bonds is 4. The van der Waals surface area contributed by atoms with Crippen LogP contribution in [0.4, 0.5) is 4.79 Å². The third-order valence-corrected chi connectivity index (χ3v) is 3.77. The second kappa shape index (κ2) is 7.80. The molecule has 5 heteroatoms. The molecule has 2 aromatic carbocycles. The van der Waals surface area contributed by atoms with Crippen LogP contribution in [-0.2, 0) is 0 Å². The van der Waals surface area contributed by atoms with E-state index < -0.39 is 0 Å². The molecule has 0 saturated heterocycles. The molecular weight excluding hydrogens is 300 g/mol. The summed E-state index contributed by atoms with van der Waals surface area (Å²) in [6.45, 7) is 3.76. The quantitative estimate of drug-likeness (QED) is 0.903. The van der Waals surface area contributed by atoms with Gasteiger partial charge in [0.15, 0.2) is 0 Å². The molecule has 0 unspecified atom stereocenters. The van der Waals surface area contributed by atoms with Crippen molar-refractivity contribution in [1.82, 2.24) is 10.6 Å². The molecule has 0 spiro atoms. The van der Waals surface area contributed by atoms with Gasteiger partial charge in [0.1, 0.15) is 0 Å². The van der Waals surface area contributed by atoms with Crippen molar-refractivity contribution in [2.24, 2.45) is 0 Å². The normalized spacial score (nSPS) is 12.3. The van der Waals surface area contributed by atoms with Crippen LogP contribution in [0.25, 0.3) is 0 Å². The lowest BCUT2D eigenvalue weighted by Crippen LogP contribution is -2.38. The Morgan fingerprint density at radius 1 is 0.792 bits per heavy atom. The molecule has 0 aliphatic heterocycles. The van der Waals surface area contributed by atoms with E-state index in [0.717, 1.165) is 11.1 Å². The van der Waals surface area contributed by atoms with Crippen LogP contribution in [0, 0.1) is 22.7 Å². The molecule has 0 aliphatic rings. The summed E-state index contributed by atoms with van der Waals surface area (Å²) >= 11 is 0. The zero-order chi connectivity index (χ0) is 17.5. The van der Waals surface area contributed by atoms with Gasteiger partial charge in [-0.05, 0) is 49.2 Å². The number of amides is 2. The number of hydrogen-bond acceptors (Lipinski definition) is 3. The summed E-state index contributed by atoms with van der Waals surface area (Å²) in [5.41, 5.74) is 3.03. The third kappa shape index (κ3) is 4.34. The Labute approximate surface area is 141 Å². The first-order valence-electron chi connectivity index (χ1n) is 7.60. The Bertz CT molecular complexity index is 715. The molecule has 0 aromatic heterocycles. The highest BCUT2D eigenvalue weighted by Gasteiger charge is 2.13. The zero-order valence-corrected chi connectivity index (χ0v) is 13.6. The minimum atomic E-state index is -0.274. The smallest absolute Gasteiger partial charge is 0.315 e. The number of hydrogen-bond donors (Lipinski definition) is 2. The number of carbonyl (C=O) groups is 1. The van der Waals surface area contributed by atoms with Crippen molar-refractivity contribution < 1.29 is 4.79 Å². The standard InChI is InChI=1S/C19H18N4O/c1-13(17-7-3-15(11-20)4-8-17)22-19(24)23-14(2)18-9-5-16(12-21)6-10-18/h3-10,13-14H,1-2H3,(H2,22,23,24)/t13-,14-/m1/s1. The first-order valence-corrected chi connectivity index (χ1v) is 7.60. The number of carbonyl (C=O) groups excluding carboxylic acids is 1. The van der Waals surface area contributed by atoms with Gasteiger partial charge in [-0.15, -0.1) is 0 Å². The molecule has 5 nitrogen and oxygen atoms in total. The van der Waals surface area contributed by atoms with Crippen LogP contribution >= 0.6 is 0 Å². The fraction of sp³-hybridized carbons (Fsp3) is 0.211. The topological polar surface area (TPSA) is 88.7 Å². The minimum absolute atomic E-state index is 0.175. The van der Waals surface area contributed by atoms with Crippen LogP contribution in [0.5, 0.6) is 0 Å². The monoisotopic (exact) mass is 318 g/mol. The van der Waals surface area contributed by atoms with Crippen LogP contribution < -0.4 is 10.6 Å². The summed E-state index contributed by atoms with van der Waals surface area (Å²) in [6, 6.07) is 17.7. The third-order valence-electron chi connectivity index (χ3n) is 3.77. The predicted molar refractivity (Wildman–Crippen MR) is 90.8 cm³/mol. The number of nitrogens with zero attached hydrogens (tertiary/aromatic N) is 2. The van der Waals surface area contributed by atoms with Crippen LogP contribution in [-0.4, -0.2) is 6.03 Å². The van der Waals surface area contributed by atoms with Gasteiger partial charge in [0.05, 0.1) is 35.3 Å². The molecule has 0 fully saturated rings. The summed E-state index contributed by atoms with van der Waals surface area (Å²) in [4.78, 5) is 12.1. The van der Waals surface area contributed by atoms with Crippen LogP contribution in [0.15, 0.2) is 48.5 Å². The van der Waals surface area contributed by atoms with Gasteiger partial charge in [0.2, 0.25) is 0 Å². The summed E-state index contributed by atoms with van der Waals surface area (Å²) in [6.07, 6.45) is 0. The van der Waals surface area contributed by atoms with Gasteiger partial charge >= 0.3 is 6.03 Å². The summed E-state index contributed by atoms with van der Waals surface area (Å²) in [7, 11) is 0. The molecule has 2 amide bonds. The fourth-order valence-corrected chi connectivity index (χ4v) is 2.29. The number of nitriles is 2. The van der Waals surface area contributed by atoms with E-state index in [9.17, 15) is 4.79 Å². The number of benzene rings is 2. The van der Waals surface area contributed by atoms with E-state index >= 15 is 0 Å². The van der Waals surface area contributed by atoms with Crippen molar-refractivity contribution in [3.63, 3.8) is 0 Å². The highest BCUT2D eigenvalue weighted by molar-refractivity contribution is 5.75. The molecule has 2 atom stereocenters. The Morgan fingerprint density at radius 3 is 1.42 bits per heavy atom. The maximum absolute atomic E-state index is 12.1. The molecule has 0 bridgehead atoms. The lowest BCUT2D eigenvalue weighted by molar-refractivity contribution is 0.235. The molecule has 2 aromatic rings. The highest BCUT2D eigenvalue weighted by atomic mass is 16.2. The maximum atomic E-state index is 12.1. The van der Waals surface area contributed by atoms with Crippen molar-refractivity contribution in [1.29, 1.82) is 10.5 Å². The molecule has 0 radical (unpaired) electrons. The van der Waals surface area contributed by atoms with Gasteiger partial charge in [-0.3, -0.25) is 0 Å². The first kappa shape index (κ1) is 17.1. The Kier molecular flexibility index (Phi) is 5.54. The van der Waals surface area contributed by atoms with Crippen LogP contribution in [0.3, 0.4) is 0 Å². The van der Waals surface area contributed by atoms with Gasteiger partial charge in [0.25, 0.3) is 0 Å². The zero-order valence-electron chi connectivity index (χ0n) is 13.6. The van der Waals surface area contributed by atoms with Crippen molar-refractivity contribution in [2.75, 3.05) is 0 Å². The Balaban J connectivity index is 1.93. The highest BCUT2D eigenvalue weighted by Crippen LogP contribution is 2.15. The van der Waals surface area contributed by atoms with Crippen molar-refractivity contribution in [3.05, 3.63) is 70.8 Å². The fourth-order valence-electron chi connectivity index (χ4n) is 2.29. The second-order valence-corrected chi connectivity index (χ2v) is 5.53. The van der Waals surface area contributed by atoms with E-state index in [2.05, 4.69) is 22.8 Å². The predicted octanol–water partition coefficient (Wildman–Crippen LogP) is 3.55. The lowest BCUT2D eigenvalue weighted by Gasteiger charge is -2.19. The van der Waals surface area contributed by atoms with Gasteiger partial charge in [0, 0.05) is 0 Å². The van der Waals surface area contributed by atoms with Crippen molar-refractivity contribution in [2.45, 2.75) is 25.9 Å². The molecule has 0 heterocycles. The SMILES string of the molecule is C[C@@H](NC(=O)N[C@H](C)c1ccc(C#N)cc1)c1ccc(C#N)cc1. The van der Waals surface area contributed by atoms with E-state index in [0.29, 0.717) is 11.1 Å². The van der Waals surface area contributed by atoms with Crippen LogP contribution in [0.2, 0.25) is 0 Å². The molecule has 24 heavy (non-hydrogen) atoms. The van der Waals surface area contributed by atoms with Crippen molar-refractivity contribution in [3.8, 4) is 12.1 Å².